The average Bonchev–Trinajstić information content (AvgIpc) is 3.23. The number of aliphatic hydroxyl groups excluding tert-OH is 1. The predicted octanol–water partition coefficient (Wildman–Crippen LogP) is 4.24. The molecule has 1 aromatic heterocycles. The number of nitrogens with one attached hydrogen (secondary N) is 2. The van der Waals surface area contributed by atoms with Gasteiger partial charge in [0, 0.05) is 22.2 Å². The summed E-state index contributed by atoms with van der Waals surface area (Å²) in [5.74, 6) is -1.20. The Labute approximate surface area is 174 Å². The van der Waals surface area contributed by atoms with Crippen molar-refractivity contribution >= 4 is 52.1 Å². The van der Waals surface area contributed by atoms with Gasteiger partial charge in [-0.15, -0.1) is 0 Å². The van der Waals surface area contributed by atoms with Crippen molar-refractivity contribution in [2.24, 2.45) is 0 Å². The first-order chi connectivity index (χ1) is 13.9. The van der Waals surface area contributed by atoms with Crippen molar-refractivity contribution in [3.63, 3.8) is 0 Å². The number of benzene rings is 2. The maximum Gasteiger partial charge on any atom is 0.329 e. The highest BCUT2D eigenvalue weighted by Gasteiger charge is 2.39. The molecule has 0 spiro atoms. The third-order valence-electron chi connectivity index (χ3n) is 4.73. The van der Waals surface area contributed by atoms with Gasteiger partial charge < -0.3 is 15.4 Å². The summed E-state index contributed by atoms with van der Waals surface area (Å²) in [6.45, 7) is -0.454. The lowest BCUT2D eigenvalue weighted by atomic mass is 10.1. The Morgan fingerprint density at radius 2 is 1.86 bits per heavy atom. The lowest BCUT2D eigenvalue weighted by Gasteiger charge is -2.23. The zero-order chi connectivity index (χ0) is 20.7. The number of carbonyl (C=O) groups excluding carboxylic acids is 2. The summed E-state index contributed by atoms with van der Waals surface area (Å²) in [7, 11) is 0. The Morgan fingerprint density at radius 3 is 2.55 bits per heavy atom. The van der Waals surface area contributed by atoms with Gasteiger partial charge in [0.15, 0.2) is 5.82 Å². The standard InChI is InChI=1S/C20H14Cl2FN3O3/c21-12-3-1-10(2-4-12)16(9-27)26-19(28)15(25-20(26)29)7-11-8-24-18-13(11)5-6-14(22)17(18)23/h1-8,16,24,27H,9H2,(H,25,29)/b15-7-. The Balaban J connectivity index is 1.69. The van der Waals surface area contributed by atoms with Crippen molar-refractivity contribution in [2.75, 3.05) is 6.61 Å². The molecule has 3 N–H and O–H groups in total. The largest absolute Gasteiger partial charge is 0.394 e. The van der Waals surface area contributed by atoms with Gasteiger partial charge in [-0.2, -0.15) is 0 Å². The molecule has 3 aromatic rings. The van der Waals surface area contributed by atoms with E-state index in [4.69, 9.17) is 23.2 Å². The van der Waals surface area contributed by atoms with Gasteiger partial charge in [0.2, 0.25) is 0 Å². The number of nitrogens with zero attached hydrogens (tertiary/aromatic N) is 1. The number of rotatable bonds is 4. The van der Waals surface area contributed by atoms with E-state index >= 15 is 0 Å². The minimum absolute atomic E-state index is 0.0127. The van der Waals surface area contributed by atoms with Gasteiger partial charge in [-0.3, -0.25) is 4.79 Å². The van der Waals surface area contributed by atoms with Gasteiger partial charge in [-0.1, -0.05) is 41.4 Å². The van der Waals surface area contributed by atoms with Crippen molar-refractivity contribution in [3.8, 4) is 0 Å². The lowest BCUT2D eigenvalue weighted by Crippen LogP contribution is -2.36. The number of amides is 3. The summed E-state index contributed by atoms with van der Waals surface area (Å²) in [6, 6.07) is 8.00. The van der Waals surface area contributed by atoms with Gasteiger partial charge in [-0.25, -0.2) is 14.1 Å². The Bertz CT molecular complexity index is 1160. The van der Waals surface area contributed by atoms with E-state index in [-0.39, 0.29) is 16.2 Å². The zero-order valence-electron chi connectivity index (χ0n) is 14.7. The topological polar surface area (TPSA) is 85.4 Å². The van der Waals surface area contributed by atoms with E-state index in [1.165, 1.54) is 18.3 Å². The van der Waals surface area contributed by atoms with E-state index in [2.05, 4.69) is 10.3 Å². The number of urea groups is 1. The van der Waals surface area contributed by atoms with Crippen molar-refractivity contribution in [3.05, 3.63) is 75.3 Å². The van der Waals surface area contributed by atoms with Crippen LogP contribution < -0.4 is 5.32 Å². The molecule has 3 amide bonds. The van der Waals surface area contributed by atoms with Crippen molar-refractivity contribution < 1.29 is 19.1 Å². The Hall–Kier alpha value is -2.87. The minimum atomic E-state index is -0.870. The van der Waals surface area contributed by atoms with Crippen LogP contribution in [0.4, 0.5) is 9.18 Å². The molecular weight excluding hydrogens is 420 g/mol. The minimum Gasteiger partial charge on any atom is -0.394 e. The fourth-order valence-corrected chi connectivity index (χ4v) is 3.57. The summed E-state index contributed by atoms with van der Waals surface area (Å²) in [4.78, 5) is 29.1. The molecular formula is C20H14Cl2FN3O3. The summed E-state index contributed by atoms with van der Waals surface area (Å²) in [5.41, 5.74) is 1.28. The third kappa shape index (κ3) is 3.37. The summed E-state index contributed by atoms with van der Waals surface area (Å²) >= 11 is 11.7. The number of aromatic amines is 1. The number of hydrogen-bond donors (Lipinski definition) is 3. The van der Waals surface area contributed by atoms with E-state index in [0.29, 0.717) is 21.5 Å². The van der Waals surface area contributed by atoms with Crippen LogP contribution >= 0.6 is 23.2 Å². The molecule has 0 saturated carbocycles. The second-order valence-electron chi connectivity index (χ2n) is 6.44. The smallest absolute Gasteiger partial charge is 0.329 e. The molecule has 1 atom stereocenters. The maximum atomic E-state index is 14.1. The quantitative estimate of drug-likeness (QED) is 0.424. The number of aliphatic hydroxyl groups is 1. The van der Waals surface area contributed by atoms with Crippen molar-refractivity contribution in [1.29, 1.82) is 0 Å². The third-order valence-corrected chi connectivity index (χ3v) is 5.27. The predicted molar refractivity (Wildman–Crippen MR) is 108 cm³/mol. The second-order valence-corrected chi connectivity index (χ2v) is 7.28. The molecule has 1 aliphatic heterocycles. The first-order valence-electron chi connectivity index (χ1n) is 8.58. The van der Waals surface area contributed by atoms with Gasteiger partial charge in [0.05, 0.1) is 23.2 Å². The molecule has 29 heavy (non-hydrogen) atoms. The molecule has 2 heterocycles. The Morgan fingerprint density at radius 1 is 1.14 bits per heavy atom. The van der Waals surface area contributed by atoms with Crippen LogP contribution in [0.5, 0.6) is 0 Å². The number of H-pyrrole nitrogens is 1. The number of carbonyl (C=O) groups is 2. The van der Waals surface area contributed by atoms with Crippen LogP contribution in [0.1, 0.15) is 17.2 Å². The molecule has 1 unspecified atom stereocenters. The highest BCUT2D eigenvalue weighted by Crippen LogP contribution is 2.30. The normalized spacial score (nSPS) is 16.7. The van der Waals surface area contributed by atoms with Crippen LogP contribution in [-0.2, 0) is 4.79 Å². The molecule has 148 valence electrons. The monoisotopic (exact) mass is 433 g/mol. The number of aromatic nitrogens is 1. The van der Waals surface area contributed by atoms with Crippen LogP contribution in [0, 0.1) is 5.82 Å². The number of halogens is 3. The molecule has 1 fully saturated rings. The maximum absolute atomic E-state index is 14.1. The van der Waals surface area contributed by atoms with Gasteiger partial charge in [0.1, 0.15) is 5.70 Å². The molecule has 0 aliphatic carbocycles. The van der Waals surface area contributed by atoms with E-state index in [1.807, 2.05) is 0 Å². The van der Waals surface area contributed by atoms with Gasteiger partial charge in [-0.05, 0) is 29.8 Å². The first kappa shape index (κ1) is 19.4. The first-order valence-corrected chi connectivity index (χ1v) is 9.34. The van der Waals surface area contributed by atoms with Gasteiger partial charge in [0.25, 0.3) is 5.91 Å². The summed E-state index contributed by atoms with van der Waals surface area (Å²) < 4.78 is 14.1. The molecule has 9 heteroatoms. The van der Waals surface area contributed by atoms with Crippen LogP contribution in [-0.4, -0.2) is 33.5 Å². The molecule has 6 nitrogen and oxygen atoms in total. The number of hydrogen-bond acceptors (Lipinski definition) is 3. The van der Waals surface area contributed by atoms with E-state index in [0.717, 1.165) is 4.90 Å². The molecule has 1 saturated heterocycles. The van der Waals surface area contributed by atoms with Crippen molar-refractivity contribution in [2.45, 2.75) is 6.04 Å². The lowest BCUT2D eigenvalue weighted by molar-refractivity contribution is -0.125. The molecule has 2 aromatic carbocycles. The summed E-state index contributed by atoms with van der Waals surface area (Å²) in [6.07, 6.45) is 2.96. The molecule has 0 bridgehead atoms. The van der Waals surface area contributed by atoms with Crippen LogP contribution in [0.2, 0.25) is 10.0 Å². The highest BCUT2D eigenvalue weighted by atomic mass is 35.5. The fraction of sp³-hybridized carbons (Fsp3) is 0.100. The van der Waals surface area contributed by atoms with Crippen LogP contribution in [0.15, 0.2) is 48.3 Å². The van der Waals surface area contributed by atoms with Gasteiger partial charge >= 0.3 is 6.03 Å². The number of imide groups is 1. The van der Waals surface area contributed by atoms with E-state index in [1.54, 1.807) is 30.3 Å². The van der Waals surface area contributed by atoms with Crippen LogP contribution in [0.3, 0.4) is 0 Å². The highest BCUT2D eigenvalue weighted by molar-refractivity contribution is 6.31. The average molecular weight is 434 g/mol. The SMILES string of the molecule is O=C1N/C(=C\c2c[nH]c3c(F)c(Cl)ccc23)C(=O)N1C(CO)c1ccc(Cl)cc1. The molecule has 0 radical (unpaired) electrons. The Kier molecular flexibility index (Phi) is 5.04. The van der Waals surface area contributed by atoms with E-state index in [9.17, 15) is 19.1 Å². The van der Waals surface area contributed by atoms with Crippen molar-refractivity contribution in [1.82, 2.24) is 15.2 Å². The van der Waals surface area contributed by atoms with Crippen LogP contribution in [0.25, 0.3) is 17.0 Å². The molecule has 1 aliphatic rings. The fourth-order valence-electron chi connectivity index (χ4n) is 3.29. The summed E-state index contributed by atoms with van der Waals surface area (Å²) in [5, 5.41) is 13.3. The number of fused-ring (bicyclic) bond motifs is 1. The molecule has 4 rings (SSSR count). The van der Waals surface area contributed by atoms with E-state index < -0.39 is 30.4 Å². The zero-order valence-corrected chi connectivity index (χ0v) is 16.3. The second kappa shape index (κ2) is 7.51.